The van der Waals surface area contributed by atoms with E-state index in [4.69, 9.17) is 4.74 Å². The molecule has 5 heteroatoms. The Morgan fingerprint density at radius 3 is 2.64 bits per heavy atom. The number of amides is 1. The summed E-state index contributed by atoms with van der Waals surface area (Å²) in [6.07, 6.45) is 0.869. The van der Waals surface area contributed by atoms with E-state index in [0.717, 1.165) is 34.5 Å². The first kappa shape index (κ1) is 20.1. The molecule has 1 heterocycles. The maximum atomic E-state index is 13.6. The molecule has 0 bridgehead atoms. The van der Waals surface area contributed by atoms with Gasteiger partial charge in [-0.2, -0.15) is 0 Å². The van der Waals surface area contributed by atoms with E-state index in [0.29, 0.717) is 6.61 Å². The summed E-state index contributed by atoms with van der Waals surface area (Å²) < 4.78 is 7.38. The highest BCUT2D eigenvalue weighted by molar-refractivity contribution is 5.96. The first-order valence-corrected chi connectivity index (χ1v) is 9.79. The van der Waals surface area contributed by atoms with Gasteiger partial charge in [-0.05, 0) is 50.5 Å². The Morgan fingerprint density at radius 1 is 1.18 bits per heavy atom. The number of para-hydroxylation sites is 3. The van der Waals surface area contributed by atoms with E-state index in [1.807, 2.05) is 47.6 Å². The van der Waals surface area contributed by atoms with E-state index in [1.165, 1.54) is 5.56 Å². The van der Waals surface area contributed by atoms with Gasteiger partial charge in [0.05, 0.1) is 29.4 Å². The fourth-order valence-electron chi connectivity index (χ4n) is 3.86. The molecule has 28 heavy (non-hydrogen) atoms. The van der Waals surface area contributed by atoms with Gasteiger partial charge in [0.1, 0.15) is 12.4 Å². The molecule has 0 saturated carbocycles. The van der Waals surface area contributed by atoms with E-state index in [9.17, 15) is 4.79 Å². The average Bonchev–Trinajstić information content (AvgIpc) is 2.99. The monoisotopic (exact) mass is 379 g/mol. The predicted octanol–water partition coefficient (Wildman–Crippen LogP) is 4.28. The van der Waals surface area contributed by atoms with Crippen LogP contribution in [0.5, 0.6) is 0 Å². The molecule has 1 amide bonds. The number of rotatable bonds is 7. The van der Waals surface area contributed by atoms with Gasteiger partial charge in [0.2, 0.25) is 5.91 Å². The molecule has 1 atom stereocenters. The number of methoxy groups -OCH3 is 1. The predicted molar refractivity (Wildman–Crippen MR) is 114 cm³/mol. The number of benzene rings is 2. The summed E-state index contributed by atoms with van der Waals surface area (Å²) in [5.41, 5.74) is 5.16. The largest absolute Gasteiger partial charge is 0.383 e. The number of ether oxygens (including phenoxy) is 1. The zero-order chi connectivity index (χ0) is 20.3. The van der Waals surface area contributed by atoms with E-state index in [2.05, 4.69) is 37.0 Å². The van der Waals surface area contributed by atoms with E-state index < -0.39 is 0 Å². The topological polar surface area (TPSA) is 47.4 Å². The minimum Gasteiger partial charge on any atom is -0.383 e. The van der Waals surface area contributed by atoms with Crippen molar-refractivity contribution in [2.45, 2.75) is 46.7 Å². The van der Waals surface area contributed by atoms with Crippen molar-refractivity contribution in [2.24, 2.45) is 0 Å². The van der Waals surface area contributed by atoms with Crippen molar-refractivity contribution < 1.29 is 9.53 Å². The number of nitrogens with zero attached hydrogens (tertiary/aromatic N) is 3. The van der Waals surface area contributed by atoms with E-state index >= 15 is 0 Å². The van der Waals surface area contributed by atoms with Crippen LogP contribution < -0.4 is 4.90 Å². The average molecular weight is 380 g/mol. The van der Waals surface area contributed by atoms with Gasteiger partial charge in [-0.1, -0.05) is 37.3 Å². The Hall–Kier alpha value is -2.66. The van der Waals surface area contributed by atoms with Crippen LogP contribution in [0.3, 0.4) is 0 Å². The van der Waals surface area contributed by atoms with Crippen LogP contribution in [-0.2, 0) is 22.5 Å². The highest BCUT2D eigenvalue weighted by Crippen LogP contribution is 2.29. The Labute approximate surface area is 166 Å². The van der Waals surface area contributed by atoms with E-state index in [-0.39, 0.29) is 18.5 Å². The second-order valence-corrected chi connectivity index (χ2v) is 7.24. The van der Waals surface area contributed by atoms with Crippen LogP contribution in [0.2, 0.25) is 0 Å². The maximum Gasteiger partial charge on any atom is 0.247 e. The summed E-state index contributed by atoms with van der Waals surface area (Å²) in [5.74, 6) is 0.884. The number of aromatic nitrogens is 2. The minimum absolute atomic E-state index is 0.0415. The molecular weight excluding hydrogens is 350 g/mol. The van der Waals surface area contributed by atoms with Crippen LogP contribution in [0.15, 0.2) is 42.5 Å². The molecule has 0 saturated heterocycles. The lowest BCUT2D eigenvalue weighted by Crippen LogP contribution is -2.44. The zero-order valence-electron chi connectivity index (χ0n) is 17.4. The fourth-order valence-corrected chi connectivity index (χ4v) is 3.86. The van der Waals surface area contributed by atoms with Gasteiger partial charge in [-0.3, -0.25) is 4.79 Å². The number of carbonyl (C=O) groups excluding carboxylic acids is 1. The van der Waals surface area contributed by atoms with Gasteiger partial charge in [-0.15, -0.1) is 0 Å². The zero-order valence-corrected chi connectivity index (χ0v) is 17.4. The van der Waals surface area contributed by atoms with Crippen LogP contribution in [0.1, 0.15) is 30.8 Å². The van der Waals surface area contributed by atoms with Crippen molar-refractivity contribution in [3.63, 3.8) is 0 Å². The van der Waals surface area contributed by atoms with Crippen LogP contribution in [0, 0.1) is 13.8 Å². The molecular formula is C23H29N3O2. The number of imidazole rings is 1. The summed E-state index contributed by atoms with van der Waals surface area (Å²) in [7, 11) is 1.67. The molecule has 0 aliphatic rings. The summed E-state index contributed by atoms with van der Waals surface area (Å²) in [6.45, 7) is 8.89. The lowest BCUT2D eigenvalue weighted by atomic mass is 10.0. The van der Waals surface area contributed by atoms with Crippen molar-refractivity contribution in [3.05, 3.63) is 59.4 Å². The number of fused-ring (bicyclic) bond motifs is 1. The molecule has 3 rings (SSSR count). The second kappa shape index (κ2) is 8.57. The molecule has 148 valence electrons. The standard InChI is InChI=1S/C23H29N3O2/c1-6-19-11-9-10-16(2)23(19)26(17(3)15-28-5)22(27)14-25-18(4)24-20-12-7-8-13-21(20)25/h7-13,17H,6,14-15H2,1-5H3/t17-/m0/s1. The summed E-state index contributed by atoms with van der Waals surface area (Å²) >= 11 is 0. The summed E-state index contributed by atoms with van der Waals surface area (Å²) in [6, 6.07) is 14.1. The number of carbonyl (C=O) groups is 1. The summed E-state index contributed by atoms with van der Waals surface area (Å²) in [5, 5.41) is 0. The highest BCUT2D eigenvalue weighted by atomic mass is 16.5. The molecule has 2 aromatic carbocycles. The van der Waals surface area contributed by atoms with Gasteiger partial charge in [0, 0.05) is 7.11 Å². The molecule has 0 spiro atoms. The van der Waals surface area contributed by atoms with Gasteiger partial charge in [-0.25, -0.2) is 4.98 Å². The van der Waals surface area contributed by atoms with Crippen LogP contribution >= 0.6 is 0 Å². The van der Waals surface area contributed by atoms with Crippen molar-refractivity contribution in [1.29, 1.82) is 0 Å². The number of hydrogen-bond acceptors (Lipinski definition) is 3. The highest BCUT2D eigenvalue weighted by Gasteiger charge is 2.26. The second-order valence-electron chi connectivity index (χ2n) is 7.24. The first-order valence-electron chi connectivity index (χ1n) is 9.79. The molecule has 0 unspecified atom stereocenters. The van der Waals surface area contributed by atoms with Crippen LogP contribution in [0.25, 0.3) is 11.0 Å². The minimum atomic E-state index is -0.0704. The van der Waals surface area contributed by atoms with Gasteiger partial charge in [0.15, 0.2) is 0 Å². The summed E-state index contributed by atoms with van der Waals surface area (Å²) in [4.78, 5) is 20.1. The quantitative estimate of drug-likeness (QED) is 0.615. The van der Waals surface area contributed by atoms with Gasteiger partial charge in [0.25, 0.3) is 0 Å². The maximum absolute atomic E-state index is 13.6. The molecule has 0 N–H and O–H groups in total. The molecule has 0 aliphatic carbocycles. The third-order valence-electron chi connectivity index (χ3n) is 5.20. The SMILES string of the molecule is CCc1cccc(C)c1N(C(=O)Cn1c(C)nc2ccccc21)[C@@H](C)COC. The number of anilines is 1. The normalized spacial score (nSPS) is 12.3. The molecule has 1 aromatic heterocycles. The molecule has 3 aromatic rings. The van der Waals surface area contributed by atoms with Crippen LogP contribution in [0.4, 0.5) is 5.69 Å². The van der Waals surface area contributed by atoms with Crippen LogP contribution in [-0.4, -0.2) is 35.2 Å². The number of hydrogen-bond donors (Lipinski definition) is 0. The lowest BCUT2D eigenvalue weighted by molar-refractivity contribution is -0.119. The van der Waals surface area contributed by atoms with Crippen molar-refractivity contribution in [1.82, 2.24) is 9.55 Å². The third-order valence-corrected chi connectivity index (χ3v) is 5.20. The van der Waals surface area contributed by atoms with Crippen molar-refractivity contribution >= 4 is 22.6 Å². The van der Waals surface area contributed by atoms with Gasteiger partial charge >= 0.3 is 0 Å². The van der Waals surface area contributed by atoms with Crippen molar-refractivity contribution in [3.8, 4) is 0 Å². The van der Waals surface area contributed by atoms with Crippen molar-refractivity contribution in [2.75, 3.05) is 18.6 Å². The fraction of sp³-hybridized carbons (Fsp3) is 0.391. The first-order chi connectivity index (χ1) is 13.5. The van der Waals surface area contributed by atoms with Gasteiger partial charge < -0.3 is 14.2 Å². The Balaban J connectivity index is 2.04. The molecule has 5 nitrogen and oxygen atoms in total. The molecule has 0 fully saturated rings. The molecule has 0 radical (unpaired) electrons. The lowest BCUT2D eigenvalue weighted by Gasteiger charge is -2.32. The smallest absolute Gasteiger partial charge is 0.247 e. The molecule has 0 aliphatic heterocycles. The Kier molecular flexibility index (Phi) is 6.15. The number of aryl methyl sites for hydroxylation is 3. The Morgan fingerprint density at radius 2 is 1.93 bits per heavy atom. The third kappa shape index (κ3) is 3.80. The van der Waals surface area contributed by atoms with E-state index in [1.54, 1.807) is 7.11 Å². The Bertz CT molecular complexity index is 977.